The van der Waals surface area contributed by atoms with E-state index in [9.17, 15) is 0 Å². The predicted octanol–water partition coefficient (Wildman–Crippen LogP) is 2.84. The van der Waals surface area contributed by atoms with E-state index in [2.05, 4.69) is 44.3 Å². The van der Waals surface area contributed by atoms with Gasteiger partial charge in [0.05, 0.1) is 6.61 Å². The lowest BCUT2D eigenvalue weighted by atomic mass is 10.1. The summed E-state index contributed by atoms with van der Waals surface area (Å²) in [6.45, 7) is 8.93. The van der Waals surface area contributed by atoms with E-state index in [1.165, 1.54) is 11.1 Å². The molecule has 1 aromatic rings. The lowest BCUT2D eigenvalue weighted by Gasteiger charge is -2.33. The Hall–Kier alpha value is -1.06. The Labute approximate surface area is 116 Å². The molecule has 2 unspecified atom stereocenters. The molecule has 2 rings (SSSR count). The highest BCUT2D eigenvalue weighted by Gasteiger charge is 2.27. The van der Waals surface area contributed by atoms with Gasteiger partial charge in [0.2, 0.25) is 0 Å². The molecule has 0 bridgehead atoms. The maximum atomic E-state index is 6.16. The molecule has 106 valence electrons. The maximum absolute atomic E-state index is 6.16. The molecule has 3 nitrogen and oxygen atoms in total. The Morgan fingerprint density at radius 3 is 2.95 bits per heavy atom. The SMILES string of the molecule is CCCNC1CCOCC1Oc1ccc(C)cc1C. The van der Waals surface area contributed by atoms with Gasteiger partial charge in [-0.1, -0.05) is 24.6 Å². The number of nitrogens with one attached hydrogen (secondary N) is 1. The van der Waals surface area contributed by atoms with Crippen molar-refractivity contribution in [2.45, 2.75) is 45.8 Å². The van der Waals surface area contributed by atoms with Gasteiger partial charge in [-0.05, 0) is 44.9 Å². The Bertz CT molecular complexity index is 406. The molecule has 0 saturated carbocycles. The smallest absolute Gasteiger partial charge is 0.137 e. The monoisotopic (exact) mass is 263 g/mol. The summed E-state index contributed by atoms with van der Waals surface area (Å²) in [5, 5.41) is 3.57. The molecular weight excluding hydrogens is 238 g/mol. The molecular formula is C16H25NO2. The third kappa shape index (κ3) is 3.95. The number of hydrogen-bond acceptors (Lipinski definition) is 3. The highest BCUT2D eigenvalue weighted by atomic mass is 16.5. The molecule has 2 atom stereocenters. The Morgan fingerprint density at radius 1 is 1.37 bits per heavy atom. The molecule has 1 fully saturated rings. The molecule has 3 heteroatoms. The minimum absolute atomic E-state index is 0.113. The summed E-state index contributed by atoms with van der Waals surface area (Å²) in [6.07, 6.45) is 2.28. The quantitative estimate of drug-likeness (QED) is 0.886. The summed E-state index contributed by atoms with van der Waals surface area (Å²) in [5.41, 5.74) is 2.46. The van der Waals surface area contributed by atoms with Crippen LogP contribution in [0.1, 0.15) is 30.9 Å². The fourth-order valence-electron chi connectivity index (χ4n) is 2.49. The molecule has 1 aliphatic rings. The van der Waals surface area contributed by atoms with Crippen molar-refractivity contribution in [1.29, 1.82) is 0 Å². The van der Waals surface area contributed by atoms with Crippen LogP contribution in [0.25, 0.3) is 0 Å². The molecule has 1 aromatic carbocycles. The molecule has 1 heterocycles. The van der Waals surface area contributed by atoms with E-state index in [1.807, 2.05) is 0 Å². The van der Waals surface area contributed by atoms with E-state index in [1.54, 1.807) is 0 Å². The van der Waals surface area contributed by atoms with Crippen LogP contribution < -0.4 is 10.1 Å². The van der Waals surface area contributed by atoms with Gasteiger partial charge in [0.25, 0.3) is 0 Å². The highest BCUT2D eigenvalue weighted by molar-refractivity contribution is 5.35. The van der Waals surface area contributed by atoms with Crippen LogP contribution in [-0.2, 0) is 4.74 Å². The third-order valence-corrected chi connectivity index (χ3v) is 3.57. The van der Waals surface area contributed by atoms with Crippen LogP contribution in [0.3, 0.4) is 0 Å². The first-order valence-electron chi connectivity index (χ1n) is 7.25. The van der Waals surface area contributed by atoms with Crippen molar-refractivity contribution in [2.24, 2.45) is 0 Å². The van der Waals surface area contributed by atoms with Crippen molar-refractivity contribution in [2.75, 3.05) is 19.8 Å². The highest BCUT2D eigenvalue weighted by Crippen LogP contribution is 2.22. The van der Waals surface area contributed by atoms with Crippen LogP contribution in [0.2, 0.25) is 0 Å². The molecule has 0 aliphatic carbocycles. The van der Waals surface area contributed by atoms with Crippen molar-refractivity contribution in [3.05, 3.63) is 29.3 Å². The molecule has 1 N–H and O–H groups in total. The van der Waals surface area contributed by atoms with Crippen molar-refractivity contribution >= 4 is 0 Å². The first-order valence-corrected chi connectivity index (χ1v) is 7.25. The normalized spacial score (nSPS) is 23.3. The van der Waals surface area contributed by atoms with E-state index in [0.29, 0.717) is 12.6 Å². The second kappa shape index (κ2) is 6.92. The second-order valence-corrected chi connectivity index (χ2v) is 5.35. The zero-order valence-electron chi connectivity index (χ0n) is 12.2. The zero-order chi connectivity index (χ0) is 13.7. The van der Waals surface area contributed by atoms with Gasteiger partial charge in [-0.15, -0.1) is 0 Å². The molecule has 19 heavy (non-hydrogen) atoms. The van der Waals surface area contributed by atoms with Crippen LogP contribution in [0.4, 0.5) is 0 Å². The lowest BCUT2D eigenvalue weighted by molar-refractivity contribution is -0.0148. The third-order valence-electron chi connectivity index (χ3n) is 3.57. The first kappa shape index (κ1) is 14.4. The molecule has 1 saturated heterocycles. The van der Waals surface area contributed by atoms with Crippen molar-refractivity contribution in [3.8, 4) is 5.75 Å². The number of hydrogen-bond donors (Lipinski definition) is 1. The van der Waals surface area contributed by atoms with E-state index >= 15 is 0 Å². The van der Waals surface area contributed by atoms with Gasteiger partial charge in [-0.3, -0.25) is 0 Å². The fourth-order valence-corrected chi connectivity index (χ4v) is 2.49. The maximum Gasteiger partial charge on any atom is 0.137 e. The van der Waals surface area contributed by atoms with Gasteiger partial charge in [0.15, 0.2) is 0 Å². The average molecular weight is 263 g/mol. The number of rotatable bonds is 5. The lowest BCUT2D eigenvalue weighted by Crippen LogP contribution is -2.49. The van der Waals surface area contributed by atoms with Crippen LogP contribution in [0.15, 0.2) is 18.2 Å². The van der Waals surface area contributed by atoms with Crippen molar-refractivity contribution in [1.82, 2.24) is 5.32 Å². The minimum atomic E-state index is 0.113. The van der Waals surface area contributed by atoms with Crippen molar-refractivity contribution < 1.29 is 9.47 Å². The number of benzene rings is 1. The van der Waals surface area contributed by atoms with E-state index in [0.717, 1.165) is 31.7 Å². The summed E-state index contributed by atoms with van der Waals surface area (Å²) in [6, 6.07) is 6.72. The van der Waals surface area contributed by atoms with E-state index < -0.39 is 0 Å². The number of ether oxygens (including phenoxy) is 2. The second-order valence-electron chi connectivity index (χ2n) is 5.35. The number of aryl methyl sites for hydroxylation is 2. The van der Waals surface area contributed by atoms with Gasteiger partial charge >= 0.3 is 0 Å². The van der Waals surface area contributed by atoms with Gasteiger partial charge in [0.1, 0.15) is 11.9 Å². The van der Waals surface area contributed by atoms with Gasteiger partial charge in [0, 0.05) is 12.6 Å². The average Bonchev–Trinajstić information content (AvgIpc) is 2.41. The molecule has 1 aliphatic heterocycles. The topological polar surface area (TPSA) is 30.5 Å². The van der Waals surface area contributed by atoms with Gasteiger partial charge < -0.3 is 14.8 Å². The molecule has 0 spiro atoms. The largest absolute Gasteiger partial charge is 0.486 e. The first-order chi connectivity index (χ1) is 9.20. The molecule has 0 aromatic heterocycles. The molecule has 0 amide bonds. The Balaban J connectivity index is 2.02. The minimum Gasteiger partial charge on any atom is -0.486 e. The van der Waals surface area contributed by atoms with Gasteiger partial charge in [-0.25, -0.2) is 0 Å². The molecule has 0 radical (unpaired) electrons. The standard InChI is InChI=1S/C16H25NO2/c1-4-8-17-14-7-9-18-11-16(14)19-15-6-5-12(2)10-13(15)3/h5-6,10,14,16-17H,4,7-9,11H2,1-3H3. The van der Waals surface area contributed by atoms with E-state index in [-0.39, 0.29) is 6.10 Å². The predicted molar refractivity (Wildman–Crippen MR) is 77.8 cm³/mol. The van der Waals surface area contributed by atoms with Crippen LogP contribution in [-0.4, -0.2) is 31.9 Å². The summed E-state index contributed by atoms with van der Waals surface area (Å²) in [5.74, 6) is 0.976. The summed E-state index contributed by atoms with van der Waals surface area (Å²) < 4.78 is 11.7. The summed E-state index contributed by atoms with van der Waals surface area (Å²) in [7, 11) is 0. The fraction of sp³-hybridized carbons (Fsp3) is 0.625. The van der Waals surface area contributed by atoms with Gasteiger partial charge in [-0.2, -0.15) is 0 Å². The van der Waals surface area contributed by atoms with Crippen LogP contribution >= 0.6 is 0 Å². The summed E-state index contributed by atoms with van der Waals surface area (Å²) >= 11 is 0. The Morgan fingerprint density at radius 2 is 2.21 bits per heavy atom. The summed E-state index contributed by atoms with van der Waals surface area (Å²) in [4.78, 5) is 0. The van der Waals surface area contributed by atoms with E-state index in [4.69, 9.17) is 9.47 Å². The van der Waals surface area contributed by atoms with Crippen LogP contribution in [0, 0.1) is 13.8 Å². The van der Waals surface area contributed by atoms with Crippen molar-refractivity contribution in [3.63, 3.8) is 0 Å². The zero-order valence-corrected chi connectivity index (χ0v) is 12.2. The van der Waals surface area contributed by atoms with Crippen LogP contribution in [0.5, 0.6) is 5.75 Å². The Kier molecular flexibility index (Phi) is 5.23.